The third kappa shape index (κ3) is 3.00. The maximum absolute atomic E-state index is 11.3. The lowest BCUT2D eigenvalue weighted by Crippen LogP contribution is -2.43. The molecule has 0 spiro atoms. The summed E-state index contributed by atoms with van der Waals surface area (Å²) in [6.45, 7) is 4.00. The number of hydrogen-bond acceptors (Lipinski definition) is 4. The smallest absolute Gasteiger partial charge is 0.209 e. The van der Waals surface area contributed by atoms with E-state index in [1.165, 1.54) is 0 Å². The lowest BCUT2D eigenvalue weighted by atomic mass is 10.1. The number of hydrogen-bond donors (Lipinski definition) is 0. The van der Waals surface area contributed by atoms with E-state index < -0.39 is 0 Å². The number of carbonyl (C=O) groups excluding carboxylic acids is 2. The Bertz CT molecular complexity index is 245. The average molecular weight is 213 g/mol. The van der Waals surface area contributed by atoms with Gasteiger partial charge in [-0.1, -0.05) is 0 Å². The highest BCUT2D eigenvalue weighted by Crippen LogP contribution is 2.16. The molecule has 0 N–H and O–H groups in total. The molecule has 15 heavy (non-hydrogen) atoms. The number of Topliss-reactive ketones (excluding diaryl/α,β-unsaturated/α-hetero) is 1. The summed E-state index contributed by atoms with van der Waals surface area (Å²) in [4.78, 5) is 23.3. The van der Waals surface area contributed by atoms with Gasteiger partial charge in [0, 0.05) is 33.7 Å². The van der Waals surface area contributed by atoms with Crippen LogP contribution in [0.25, 0.3) is 0 Å². The van der Waals surface area contributed by atoms with Gasteiger partial charge in [-0.3, -0.25) is 9.59 Å². The van der Waals surface area contributed by atoms with E-state index in [9.17, 15) is 9.59 Å². The molecule has 1 aliphatic heterocycles. The Hall–Kier alpha value is -0.940. The highest BCUT2D eigenvalue weighted by atomic mass is 16.1. The first-order valence-electron chi connectivity index (χ1n) is 5.20. The van der Waals surface area contributed by atoms with Crippen LogP contribution < -0.4 is 0 Å². The van der Waals surface area contributed by atoms with Crippen LogP contribution in [-0.4, -0.2) is 66.9 Å². The van der Waals surface area contributed by atoms with Gasteiger partial charge in [0.25, 0.3) is 0 Å². The lowest BCUT2D eigenvalue weighted by molar-refractivity contribution is -0.125. The molecule has 0 aromatic rings. The van der Waals surface area contributed by atoms with Gasteiger partial charge in [0.05, 0.1) is 6.04 Å². The summed E-state index contributed by atoms with van der Waals surface area (Å²) in [5, 5.41) is 4.10. The van der Waals surface area contributed by atoms with Crippen molar-refractivity contribution in [2.45, 2.75) is 19.4 Å². The van der Waals surface area contributed by atoms with Crippen molar-refractivity contribution in [3.05, 3.63) is 0 Å². The first-order chi connectivity index (χ1) is 7.06. The molecule has 1 atom stereocenters. The van der Waals surface area contributed by atoms with Crippen molar-refractivity contribution in [1.29, 1.82) is 0 Å². The van der Waals surface area contributed by atoms with Crippen LogP contribution in [0.1, 0.15) is 13.3 Å². The molecule has 0 radical (unpaired) electrons. The van der Waals surface area contributed by atoms with Gasteiger partial charge in [0.1, 0.15) is 5.78 Å². The number of hydrazine groups is 1. The zero-order chi connectivity index (χ0) is 11.4. The van der Waals surface area contributed by atoms with E-state index in [4.69, 9.17) is 0 Å². The molecule has 0 aromatic carbocycles. The second-order valence-corrected chi connectivity index (χ2v) is 4.03. The SMILES string of the molecule is CC(=O)C1CCN(CCN(C)C=O)N1C. The summed E-state index contributed by atoms with van der Waals surface area (Å²) in [6.07, 6.45) is 1.70. The fraction of sp³-hybridized carbons (Fsp3) is 0.800. The highest BCUT2D eigenvalue weighted by Gasteiger charge is 2.31. The summed E-state index contributed by atoms with van der Waals surface area (Å²) in [6, 6.07) is 0.0199. The first-order valence-corrected chi connectivity index (χ1v) is 5.20. The van der Waals surface area contributed by atoms with Gasteiger partial charge < -0.3 is 4.90 Å². The number of amides is 1. The minimum Gasteiger partial charge on any atom is -0.347 e. The lowest BCUT2D eigenvalue weighted by Gasteiger charge is -2.28. The van der Waals surface area contributed by atoms with Gasteiger partial charge in [-0.15, -0.1) is 0 Å². The van der Waals surface area contributed by atoms with Crippen molar-refractivity contribution >= 4 is 12.2 Å². The van der Waals surface area contributed by atoms with E-state index in [-0.39, 0.29) is 11.8 Å². The van der Waals surface area contributed by atoms with Crippen LogP contribution in [-0.2, 0) is 9.59 Å². The summed E-state index contributed by atoms with van der Waals surface area (Å²) < 4.78 is 0. The number of likely N-dealkylation sites (N-methyl/N-ethyl adjacent to an activating group) is 2. The van der Waals surface area contributed by atoms with Crippen molar-refractivity contribution in [2.75, 3.05) is 33.7 Å². The largest absolute Gasteiger partial charge is 0.347 e. The Morgan fingerprint density at radius 2 is 2.27 bits per heavy atom. The fourth-order valence-electron chi connectivity index (χ4n) is 1.87. The minimum absolute atomic E-state index is 0.0199. The van der Waals surface area contributed by atoms with Gasteiger partial charge in [0.15, 0.2) is 0 Å². The Labute approximate surface area is 90.6 Å². The van der Waals surface area contributed by atoms with E-state index in [0.29, 0.717) is 6.54 Å². The summed E-state index contributed by atoms with van der Waals surface area (Å²) in [5.74, 6) is 0.212. The van der Waals surface area contributed by atoms with E-state index in [1.54, 1.807) is 18.9 Å². The van der Waals surface area contributed by atoms with Crippen LogP contribution in [0.5, 0.6) is 0 Å². The molecule has 0 aliphatic carbocycles. The molecule has 0 saturated carbocycles. The standard InChI is InChI=1S/C10H19N3O2/c1-9(15)10-4-5-13(12(10)3)7-6-11(2)8-14/h8,10H,4-7H2,1-3H3. The Morgan fingerprint density at radius 1 is 1.60 bits per heavy atom. The Morgan fingerprint density at radius 3 is 2.73 bits per heavy atom. The zero-order valence-electron chi connectivity index (χ0n) is 9.64. The van der Waals surface area contributed by atoms with Crippen LogP contribution in [0.3, 0.4) is 0 Å². The third-order valence-electron chi connectivity index (χ3n) is 2.92. The Kier molecular flexibility index (Phi) is 4.23. The topological polar surface area (TPSA) is 43.9 Å². The number of ketones is 1. The molecule has 1 rings (SSSR count). The van der Waals surface area contributed by atoms with Gasteiger partial charge >= 0.3 is 0 Å². The normalized spacial score (nSPS) is 23.0. The van der Waals surface area contributed by atoms with Gasteiger partial charge in [-0.05, 0) is 13.3 Å². The quantitative estimate of drug-likeness (QED) is 0.582. The van der Waals surface area contributed by atoms with Crippen LogP contribution in [0.15, 0.2) is 0 Å². The second-order valence-electron chi connectivity index (χ2n) is 4.03. The van der Waals surface area contributed by atoms with E-state index in [1.807, 2.05) is 12.1 Å². The molecule has 1 aliphatic rings. The van der Waals surface area contributed by atoms with E-state index in [0.717, 1.165) is 25.9 Å². The summed E-state index contributed by atoms with van der Waals surface area (Å²) in [5.41, 5.74) is 0. The molecule has 0 aromatic heterocycles. The minimum atomic E-state index is 0.0199. The molecule has 1 amide bonds. The van der Waals surface area contributed by atoms with Crippen molar-refractivity contribution < 1.29 is 9.59 Å². The summed E-state index contributed by atoms with van der Waals surface area (Å²) >= 11 is 0. The molecular weight excluding hydrogens is 194 g/mol. The van der Waals surface area contributed by atoms with E-state index >= 15 is 0 Å². The van der Waals surface area contributed by atoms with Crippen LogP contribution in [0, 0.1) is 0 Å². The first kappa shape index (κ1) is 12.1. The van der Waals surface area contributed by atoms with Gasteiger partial charge in [0.2, 0.25) is 6.41 Å². The number of carbonyl (C=O) groups is 2. The van der Waals surface area contributed by atoms with Gasteiger partial charge in [-0.2, -0.15) is 0 Å². The molecule has 1 saturated heterocycles. The number of rotatable bonds is 5. The molecule has 5 heteroatoms. The molecule has 1 unspecified atom stereocenters. The number of nitrogens with zero attached hydrogens (tertiary/aromatic N) is 3. The van der Waals surface area contributed by atoms with Crippen LogP contribution in [0.2, 0.25) is 0 Å². The zero-order valence-corrected chi connectivity index (χ0v) is 9.64. The molecule has 5 nitrogen and oxygen atoms in total. The van der Waals surface area contributed by atoms with Gasteiger partial charge in [-0.25, -0.2) is 10.0 Å². The third-order valence-corrected chi connectivity index (χ3v) is 2.92. The van der Waals surface area contributed by atoms with Crippen LogP contribution in [0.4, 0.5) is 0 Å². The van der Waals surface area contributed by atoms with Crippen molar-refractivity contribution in [1.82, 2.24) is 14.9 Å². The summed E-state index contributed by atoms with van der Waals surface area (Å²) in [7, 11) is 3.69. The molecule has 86 valence electrons. The molecular formula is C10H19N3O2. The molecule has 1 fully saturated rings. The Balaban J connectivity index is 2.39. The predicted molar refractivity (Wildman–Crippen MR) is 57.1 cm³/mol. The monoisotopic (exact) mass is 213 g/mol. The van der Waals surface area contributed by atoms with Crippen molar-refractivity contribution in [2.24, 2.45) is 0 Å². The molecule has 0 bridgehead atoms. The highest BCUT2D eigenvalue weighted by molar-refractivity contribution is 5.81. The van der Waals surface area contributed by atoms with E-state index in [2.05, 4.69) is 5.01 Å². The predicted octanol–water partition coefficient (Wildman–Crippen LogP) is -0.415. The molecule has 1 heterocycles. The van der Waals surface area contributed by atoms with Crippen LogP contribution >= 0.6 is 0 Å². The van der Waals surface area contributed by atoms with Crippen molar-refractivity contribution in [3.8, 4) is 0 Å². The second kappa shape index (κ2) is 5.23. The maximum Gasteiger partial charge on any atom is 0.209 e. The maximum atomic E-state index is 11.3. The van der Waals surface area contributed by atoms with Crippen molar-refractivity contribution in [3.63, 3.8) is 0 Å². The average Bonchev–Trinajstić information content (AvgIpc) is 2.56. The fourth-order valence-corrected chi connectivity index (χ4v) is 1.87.